The molecule has 0 bridgehead atoms. The summed E-state index contributed by atoms with van der Waals surface area (Å²) in [6.07, 6.45) is 4.86. The van der Waals surface area contributed by atoms with Crippen molar-refractivity contribution in [1.29, 1.82) is 0 Å². The van der Waals surface area contributed by atoms with E-state index in [4.69, 9.17) is 5.73 Å². The van der Waals surface area contributed by atoms with Crippen LogP contribution in [0.25, 0.3) is 10.9 Å². The Balaban J connectivity index is 1.94. The topological polar surface area (TPSA) is 43.8 Å². The number of nitrogens with two attached hydrogens (primary N) is 1. The zero-order valence-corrected chi connectivity index (χ0v) is 12.7. The fourth-order valence-electron chi connectivity index (χ4n) is 2.36. The zero-order valence-electron chi connectivity index (χ0n) is 11.1. The van der Waals surface area contributed by atoms with Gasteiger partial charge in [0.25, 0.3) is 0 Å². The van der Waals surface area contributed by atoms with E-state index in [0.717, 1.165) is 23.1 Å². The van der Waals surface area contributed by atoms with E-state index in [2.05, 4.69) is 55.9 Å². The third-order valence-electron chi connectivity index (χ3n) is 3.39. The van der Waals surface area contributed by atoms with E-state index in [1.54, 1.807) is 0 Å². The first-order valence-corrected chi connectivity index (χ1v) is 7.44. The Kier molecular flexibility index (Phi) is 3.85. The maximum Gasteiger partial charge on any atom is 0.0648 e. The van der Waals surface area contributed by atoms with Gasteiger partial charge in [0.15, 0.2) is 0 Å². The first-order chi connectivity index (χ1) is 9.76. The van der Waals surface area contributed by atoms with Crippen LogP contribution >= 0.6 is 15.9 Å². The van der Waals surface area contributed by atoms with Crippen molar-refractivity contribution in [3.05, 3.63) is 64.5 Å². The number of nitrogens with zero attached hydrogens (tertiary/aromatic N) is 2. The molecule has 102 valence electrons. The van der Waals surface area contributed by atoms with Crippen LogP contribution in [0.3, 0.4) is 0 Å². The van der Waals surface area contributed by atoms with Crippen molar-refractivity contribution in [2.45, 2.75) is 13.0 Å². The third-order valence-corrected chi connectivity index (χ3v) is 3.86. The molecule has 2 heterocycles. The van der Waals surface area contributed by atoms with Gasteiger partial charge in [0.2, 0.25) is 0 Å². The van der Waals surface area contributed by atoms with Crippen LogP contribution in [0.5, 0.6) is 0 Å². The number of halogens is 1. The van der Waals surface area contributed by atoms with Crippen molar-refractivity contribution in [1.82, 2.24) is 9.55 Å². The van der Waals surface area contributed by atoms with Gasteiger partial charge in [-0.2, -0.15) is 0 Å². The minimum Gasteiger partial charge on any atom is -0.341 e. The fourth-order valence-corrected chi connectivity index (χ4v) is 2.60. The van der Waals surface area contributed by atoms with Crippen LogP contribution in [-0.2, 0) is 13.0 Å². The minimum atomic E-state index is 0.681. The van der Waals surface area contributed by atoms with Crippen molar-refractivity contribution in [2.75, 3.05) is 6.54 Å². The van der Waals surface area contributed by atoms with Crippen LogP contribution in [0.2, 0.25) is 0 Å². The van der Waals surface area contributed by atoms with Crippen LogP contribution < -0.4 is 5.73 Å². The lowest BCUT2D eigenvalue weighted by Gasteiger charge is -2.07. The molecule has 4 heteroatoms. The van der Waals surface area contributed by atoms with Crippen molar-refractivity contribution in [3.8, 4) is 0 Å². The lowest BCUT2D eigenvalue weighted by atomic mass is 10.1. The molecule has 1 aromatic carbocycles. The molecule has 0 fully saturated rings. The van der Waals surface area contributed by atoms with E-state index in [-0.39, 0.29) is 0 Å². The van der Waals surface area contributed by atoms with Gasteiger partial charge in [-0.1, -0.05) is 12.1 Å². The van der Waals surface area contributed by atoms with Gasteiger partial charge >= 0.3 is 0 Å². The van der Waals surface area contributed by atoms with Crippen LogP contribution in [0.1, 0.15) is 11.3 Å². The van der Waals surface area contributed by atoms with Gasteiger partial charge in [-0.05, 0) is 64.1 Å². The second-order valence-electron chi connectivity index (χ2n) is 4.84. The molecular weight excluding hydrogens is 314 g/mol. The molecule has 2 N–H and O–H groups in total. The van der Waals surface area contributed by atoms with E-state index in [9.17, 15) is 0 Å². The van der Waals surface area contributed by atoms with Gasteiger partial charge in [-0.15, -0.1) is 0 Å². The van der Waals surface area contributed by atoms with Gasteiger partial charge in [-0.25, -0.2) is 0 Å². The van der Waals surface area contributed by atoms with Crippen molar-refractivity contribution in [3.63, 3.8) is 0 Å². The maximum atomic E-state index is 5.63. The van der Waals surface area contributed by atoms with Crippen LogP contribution in [-0.4, -0.2) is 16.1 Å². The normalized spacial score (nSPS) is 11.1. The summed E-state index contributed by atoms with van der Waals surface area (Å²) in [5.74, 6) is 0. The van der Waals surface area contributed by atoms with Gasteiger partial charge in [0.1, 0.15) is 0 Å². The Morgan fingerprint density at radius 3 is 2.80 bits per heavy atom. The van der Waals surface area contributed by atoms with E-state index < -0.39 is 0 Å². The summed E-state index contributed by atoms with van der Waals surface area (Å²) in [5.41, 5.74) is 9.20. The van der Waals surface area contributed by atoms with Gasteiger partial charge < -0.3 is 10.3 Å². The molecule has 0 spiro atoms. The van der Waals surface area contributed by atoms with E-state index in [1.807, 2.05) is 18.3 Å². The summed E-state index contributed by atoms with van der Waals surface area (Å²) in [6.45, 7) is 1.46. The average Bonchev–Trinajstić information content (AvgIpc) is 2.85. The molecule has 0 unspecified atom stereocenters. The molecular formula is C16H16BrN3. The Bertz CT molecular complexity index is 716. The molecule has 20 heavy (non-hydrogen) atoms. The Hall–Kier alpha value is -1.65. The Labute approximate surface area is 126 Å². The quantitative estimate of drug-likeness (QED) is 0.797. The summed E-state index contributed by atoms with van der Waals surface area (Å²) in [5, 5.41) is 1.25. The molecule has 0 aliphatic heterocycles. The fraction of sp³-hybridized carbons (Fsp3) is 0.188. The first-order valence-electron chi connectivity index (χ1n) is 6.64. The largest absolute Gasteiger partial charge is 0.341 e. The van der Waals surface area contributed by atoms with Gasteiger partial charge in [0, 0.05) is 22.4 Å². The molecule has 0 aliphatic rings. The predicted octanol–water partition coefficient (Wildman–Crippen LogP) is 3.35. The van der Waals surface area contributed by atoms with Crippen molar-refractivity contribution >= 4 is 26.8 Å². The van der Waals surface area contributed by atoms with E-state index in [1.165, 1.54) is 16.5 Å². The highest BCUT2D eigenvalue weighted by molar-refractivity contribution is 9.10. The second-order valence-corrected chi connectivity index (χ2v) is 5.76. The van der Waals surface area contributed by atoms with Gasteiger partial charge in [0.05, 0.1) is 12.2 Å². The summed E-state index contributed by atoms with van der Waals surface area (Å²) in [4.78, 5) is 4.43. The molecule has 3 nitrogen and oxygen atoms in total. The summed E-state index contributed by atoms with van der Waals surface area (Å²) < 4.78 is 3.23. The van der Waals surface area contributed by atoms with Crippen LogP contribution in [0.15, 0.2) is 53.3 Å². The summed E-state index contributed by atoms with van der Waals surface area (Å²) in [7, 11) is 0. The molecule has 2 aromatic heterocycles. The standard InChI is InChI=1S/C16H16BrN3/c17-14-3-4-15(19-10-14)11-20-8-6-13-2-1-12(5-7-18)9-16(13)20/h1-4,6,8-10H,5,7,11,18H2. The molecule has 0 saturated heterocycles. The molecule has 3 rings (SSSR count). The third kappa shape index (κ3) is 2.76. The Morgan fingerprint density at radius 2 is 2.05 bits per heavy atom. The Morgan fingerprint density at radius 1 is 1.15 bits per heavy atom. The average molecular weight is 330 g/mol. The molecule has 0 radical (unpaired) electrons. The number of benzene rings is 1. The summed E-state index contributed by atoms with van der Waals surface area (Å²) in [6, 6.07) is 12.7. The monoisotopic (exact) mass is 329 g/mol. The number of hydrogen-bond acceptors (Lipinski definition) is 2. The van der Waals surface area contributed by atoms with E-state index >= 15 is 0 Å². The van der Waals surface area contributed by atoms with E-state index in [0.29, 0.717) is 6.54 Å². The maximum absolute atomic E-state index is 5.63. The van der Waals surface area contributed by atoms with Gasteiger partial charge in [-0.3, -0.25) is 4.98 Å². The molecule has 0 saturated carbocycles. The highest BCUT2D eigenvalue weighted by Crippen LogP contribution is 2.19. The molecule has 3 aromatic rings. The molecule has 0 atom stereocenters. The highest BCUT2D eigenvalue weighted by atomic mass is 79.9. The lowest BCUT2D eigenvalue weighted by molar-refractivity contribution is 0.806. The number of pyridine rings is 1. The lowest BCUT2D eigenvalue weighted by Crippen LogP contribution is -2.03. The number of hydrogen-bond donors (Lipinski definition) is 1. The van der Waals surface area contributed by atoms with Crippen molar-refractivity contribution < 1.29 is 0 Å². The number of fused-ring (bicyclic) bond motifs is 1. The zero-order chi connectivity index (χ0) is 13.9. The van der Waals surface area contributed by atoms with Crippen LogP contribution in [0.4, 0.5) is 0 Å². The van der Waals surface area contributed by atoms with Crippen molar-refractivity contribution in [2.24, 2.45) is 5.73 Å². The summed E-state index contributed by atoms with van der Waals surface area (Å²) >= 11 is 3.41. The number of aromatic nitrogens is 2. The minimum absolute atomic E-state index is 0.681. The van der Waals surface area contributed by atoms with Crippen LogP contribution in [0, 0.1) is 0 Å². The molecule has 0 aliphatic carbocycles. The second kappa shape index (κ2) is 5.77. The highest BCUT2D eigenvalue weighted by Gasteiger charge is 2.04. The number of rotatable bonds is 4. The molecule has 0 amide bonds. The smallest absolute Gasteiger partial charge is 0.0648 e. The SMILES string of the molecule is NCCc1ccc2ccn(Cc3ccc(Br)cn3)c2c1. The predicted molar refractivity (Wildman–Crippen MR) is 85.7 cm³/mol. The first kappa shape index (κ1) is 13.3.